The van der Waals surface area contributed by atoms with Crippen LogP contribution in [-0.4, -0.2) is 27.5 Å². The molecule has 1 aliphatic rings. The molecule has 3 heteroatoms. The predicted octanol–water partition coefficient (Wildman–Crippen LogP) is 2.33. The van der Waals surface area contributed by atoms with Crippen LogP contribution in [0, 0.1) is 0 Å². The summed E-state index contributed by atoms with van der Waals surface area (Å²) >= 11 is 0. The molecule has 0 unspecified atom stereocenters. The Labute approximate surface area is 108 Å². The quantitative estimate of drug-likeness (QED) is 0.819. The van der Waals surface area contributed by atoms with Crippen LogP contribution in [0.4, 0.5) is 0 Å². The van der Waals surface area contributed by atoms with Gasteiger partial charge in [0.25, 0.3) is 0 Å². The lowest BCUT2D eigenvalue weighted by Crippen LogP contribution is -2.34. The Morgan fingerprint density at radius 1 is 1.11 bits per heavy atom. The molecule has 1 aromatic carbocycles. The molecule has 0 spiro atoms. The van der Waals surface area contributed by atoms with Crippen molar-refractivity contribution in [2.75, 3.05) is 13.1 Å². The first-order valence-corrected chi connectivity index (χ1v) is 6.68. The normalized spacial score (nSPS) is 15.6. The average molecular weight is 241 g/mol. The van der Waals surface area contributed by atoms with Gasteiger partial charge in [-0.25, -0.2) is 4.98 Å². The second-order valence-corrected chi connectivity index (χ2v) is 4.90. The zero-order chi connectivity index (χ0) is 12.2. The first kappa shape index (κ1) is 11.5. The van der Waals surface area contributed by atoms with Crippen LogP contribution in [0.15, 0.2) is 42.7 Å². The van der Waals surface area contributed by atoms with Crippen LogP contribution in [-0.2, 0) is 19.5 Å². The topological polar surface area (TPSA) is 21.1 Å². The summed E-state index contributed by atoms with van der Waals surface area (Å²) in [7, 11) is 0. The van der Waals surface area contributed by atoms with Crippen molar-refractivity contribution in [3.05, 3.63) is 54.1 Å². The van der Waals surface area contributed by atoms with Crippen LogP contribution < -0.4 is 0 Å². The smallest absolute Gasteiger partial charge is 0.122 e. The van der Waals surface area contributed by atoms with Crippen LogP contribution >= 0.6 is 0 Å². The number of fused-ring (bicyclic) bond motifs is 1. The van der Waals surface area contributed by atoms with Crippen molar-refractivity contribution in [2.24, 2.45) is 0 Å². The van der Waals surface area contributed by atoms with Crippen molar-refractivity contribution in [3.8, 4) is 0 Å². The van der Waals surface area contributed by atoms with Crippen molar-refractivity contribution in [1.29, 1.82) is 0 Å². The Morgan fingerprint density at radius 3 is 2.89 bits per heavy atom. The predicted molar refractivity (Wildman–Crippen MR) is 72.3 cm³/mol. The van der Waals surface area contributed by atoms with Gasteiger partial charge in [-0.3, -0.25) is 4.90 Å². The van der Waals surface area contributed by atoms with E-state index in [2.05, 4.69) is 51.0 Å². The second kappa shape index (κ2) is 5.36. The fraction of sp³-hybridized carbons (Fsp3) is 0.400. The van der Waals surface area contributed by atoms with Gasteiger partial charge in [0.15, 0.2) is 0 Å². The molecule has 0 atom stereocenters. The van der Waals surface area contributed by atoms with E-state index in [1.165, 1.54) is 30.8 Å². The van der Waals surface area contributed by atoms with Crippen molar-refractivity contribution in [1.82, 2.24) is 14.5 Å². The monoisotopic (exact) mass is 241 g/mol. The largest absolute Gasteiger partial charge is 0.333 e. The van der Waals surface area contributed by atoms with Crippen LogP contribution in [0.3, 0.4) is 0 Å². The van der Waals surface area contributed by atoms with Gasteiger partial charge in [-0.2, -0.15) is 0 Å². The summed E-state index contributed by atoms with van der Waals surface area (Å²) in [5.74, 6) is 1.21. The lowest BCUT2D eigenvalue weighted by atomic mass is 10.1. The summed E-state index contributed by atoms with van der Waals surface area (Å²) in [4.78, 5) is 6.90. The number of nitrogens with zero attached hydrogens (tertiary/aromatic N) is 3. The molecule has 2 heterocycles. The van der Waals surface area contributed by atoms with E-state index < -0.39 is 0 Å². The van der Waals surface area contributed by atoms with Crippen LogP contribution in [0.1, 0.15) is 17.8 Å². The van der Waals surface area contributed by atoms with E-state index in [0.717, 1.165) is 19.6 Å². The molecule has 0 aliphatic carbocycles. The Kier molecular flexibility index (Phi) is 3.42. The standard InChI is InChI=1S/C15H19N3/c1-2-5-14(6-3-1)7-4-9-17-11-12-18-10-8-16-15(18)13-17/h1-3,5-6,8,10H,4,7,9,11-13H2. The minimum atomic E-state index is 1.00. The highest BCUT2D eigenvalue weighted by atomic mass is 15.2. The number of imidazole rings is 1. The SMILES string of the molecule is c1ccc(CCCN2CCn3ccnc3C2)cc1. The maximum absolute atomic E-state index is 4.39. The number of aromatic nitrogens is 2. The van der Waals surface area contributed by atoms with Crippen molar-refractivity contribution < 1.29 is 0 Å². The molecule has 3 rings (SSSR count). The van der Waals surface area contributed by atoms with Crippen molar-refractivity contribution in [3.63, 3.8) is 0 Å². The molecule has 0 radical (unpaired) electrons. The molecular weight excluding hydrogens is 222 g/mol. The molecule has 0 N–H and O–H groups in total. The fourth-order valence-corrected chi connectivity index (χ4v) is 2.57. The molecule has 0 saturated heterocycles. The van der Waals surface area contributed by atoms with Gasteiger partial charge in [-0.1, -0.05) is 30.3 Å². The third-order valence-corrected chi connectivity index (χ3v) is 3.61. The number of hydrogen-bond acceptors (Lipinski definition) is 2. The van der Waals surface area contributed by atoms with Crippen LogP contribution in [0.5, 0.6) is 0 Å². The van der Waals surface area contributed by atoms with Gasteiger partial charge in [0.05, 0.1) is 6.54 Å². The van der Waals surface area contributed by atoms with E-state index in [4.69, 9.17) is 0 Å². The Bertz CT molecular complexity index is 489. The molecule has 3 nitrogen and oxygen atoms in total. The zero-order valence-electron chi connectivity index (χ0n) is 10.6. The molecule has 94 valence electrons. The lowest BCUT2D eigenvalue weighted by Gasteiger charge is -2.27. The third kappa shape index (κ3) is 2.62. The average Bonchev–Trinajstić information content (AvgIpc) is 2.87. The number of aryl methyl sites for hydroxylation is 1. The summed E-state index contributed by atoms with van der Waals surface area (Å²) in [5.41, 5.74) is 1.44. The maximum atomic E-state index is 4.39. The summed E-state index contributed by atoms with van der Waals surface area (Å²) < 4.78 is 2.26. The van der Waals surface area contributed by atoms with Crippen molar-refractivity contribution in [2.45, 2.75) is 25.9 Å². The molecule has 0 saturated carbocycles. The number of rotatable bonds is 4. The van der Waals surface area contributed by atoms with Gasteiger partial charge in [-0.15, -0.1) is 0 Å². The van der Waals surface area contributed by atoms with Crippen molar-refractivity contribution >= 4 is 0 Å². The summed E-state index contributed by atoms with van der Waals surface area (Å²) in [6.07, 6.45) is 6.38. The second-order valence-electron chi connectivity index (χ2n) is 4.90. The maximum Gasteiger partial charge on any atom is 0.122 e. The minimum Gasteiger partial charge on any atom is -0.333 e. The molecule has 2 aromatic rings. The van der Waals surface area contributed by atoms with Gasteiger partial charge < -0.3 is 4.57 Å². The Balaban J connectivity index is 1.48. The first-order chi connectivity index (χ1) is 8.92. The van der Waals surface area contributed by atoms with E-state index in [-0.39, 0.29) is 0 Å². The molecular formula is C15H19N3. The highest BCUT2D eigenvalue weighted by Crippen LogP contribution is 2.11. The summed E-state index contributed by atoms with van der Waals surface area (Å²) in [6.45, 7) is 4.41. The summed E-state index contributed by atoms with van der Waals surface area (Å²) in [5, 5.41) is 0. The minimum absolute atomic E-state index is 1.00. The highest BCUT2D eigenvalue weighted by Gasteiger charge is 2.15. The van der Waals surface area contributed by atoms with Gasteiger partial charge in [0.1, 0.15) is 5.82 Å². The van der Waals surface area contributed by atoms with E-state index in [0.29, 0.717) is 0 Å². The molecule has 18 heavy (non-hydrogen) atoms. The van der Waals surface area contributed by atoms with E-state index in [1.54, 1.807) is 0 Å². The molecule has 1 aliphatic heterocycles. The van der Waals surface area contributed by atoms with Gasteiger partial charge in [-0.05, 0) is 24.9 Å². The highest BCUT2D eigenvalue weighted by molar-refractivity contribution is 5.14. The Hall–Kier alpha value is -1.61. The number of hydrogen-bond donors (Lipinski definition) is 0. The molecule has 0 fully saturated rings. The van der Waals surface area contributed by atoms with E-state index in [9.17, 15) is 0 Å². The zero-order valence-corrected chi connectivity index (χ0v) is 10.6. The summed E-state index contributed by atoms with van der Waals surface area (Å²) in [6, 6.07) is 10.7. The molecule has 0 amide bonds. The Morgan fingerprint density at radius 2 is 2.00 bits per heavy atom. The fourth-order valence-electron chi connectivity index (χ4n) is 2.57. The lowest BCUT2D eigenvalue weighted by molar-refractivity contribution is 0.215. The van der Waals surface area contributed by atoms with Gasteiger partial charge >= 0.3 is 0 Å². The first-order valence-electron chi connectivity index (χ1n) is 6.68. The molecule has 1 aromatic heterocycles. The van der Waals surface area contributed by atoms with E-state index >= 15 is 0 Å². The van der Waals surface area contributed by atoms with Crippen LogP contribution in [0.2, 0.25) is 0 Å². The third-order valence-electron chi connectivity index (χ3n) is 3.61. The van der Waals surface area contributed by atoms with Gasteiger partial charge in [0.2, 0.25) is 0 Å². The van der Waals surface area contributed by atoms with Gasteiger partial charge in [0, 0.05) is 25.5 Å². The molecule has 0 bridgehead atoms. The van der Waals surface area contributed by atoms with E-state index in [1.807, 2.05) is 6.20 Å². The van der Waals surface area contributed by atoms with Crippen LogP contribution in [0.25, 0.3) is 0 Å². The number of benzene rings is 1.